The van der Waals surface area contributed by atoms with Crippen LogP contribution in [0.3, 0.4) is 0 Å². The maximum absolute atomic E-state index is 12.1. The van der Waals surface area contributed by atoms with E-state index in [1.165, 1.54) is 17.1 Å². The summed E-state index contributed by atoms with van der Waals surface area (Å²) in [6, 6.07) is 10.3. The van der Waals surface area contributed by atoms with E-state index in [2.05, 4.69) is 28.6 Å². The minimum Gasteiger partial charge on any atom is -0.293 e. The summed E-state index contributed by atoms with van der Waals surface area (Å²) in [5.41, 5.74) is 2.16. The van der Waals surface area contributed by atoms with E-state index in [9.17, 15) is 4.79 Å². The van der Waals surface area contributed by atoms with Gasteiger partial charge in [-0.3, -0.25) is 4.79 Å². The van der Waals surface area contributed by atoms with E-state index in [0.717, 1.165) is 36.3 Å². The predicted molar refractivity (Wildman–Crippen MR) is 77.6 cm³/mol. The van der Waals surface area contributed by atoms with Crippen molar-refractivity contribution in [2.75, 3.05) is 0 Å². The molecule has 2 aromatic rings. The number of hydrogen-bond donors (Lipinski definition) is 0. The second kappa shape index (κ2) is 7.14. The van der Waals surface area contributed by atoms with Crippen LogP contribution in [0.1, 0.15) is 47.1 Å². The molecule has 19 heavy (non-hydrogen) atoms. The summed E-state index contributed by atoms with van der Waals surface area (Å²) in [5.74, 6) is 0.189. The van der Waals surface area contributed by atoms with Crippen LogP contribution in [-0.2, 0) is 12.8 Å². The maximum Gasteiger partial charge on any atom is 0.176 e. The molecule has 0 unspecified atom stereocenters. The van der Waals surface area contributed by atoms with Gasteiger partial charge in [-0.1, -0.05) is 48.2 Å². The highest BCUT2D eigenvalue weighted by Crippen LogP contribution is 2.16. The quantitative estimate of drug-likeness (QED) is 0.723. The van der Waals surface area contributed by atoms with Crippen LogP contribution in [0, 0.1) is 0 Å². The van der Waals surface area contributed by atoms with Crippen LogP contribution in [0.25, 0.3) is 0 Å². The van der Waals surface area contributed by atoms with E-state index in [0.29, 0.717) is 6.42 Å². The van der Waals surface area contributed by atoms with Gasteiger partial charge in [0.15, 0.2) is 5.78 Å². The molecule has 0 bridgehead atoms. The summed E-state index contributed by atoms with van der Waals surface area (Å²) in [6.45, 7) is 2.09. The Balaban J connectivity index is 1.86. The van der Waals surface area contributed by atoms with Crippen molar-refractivity contribution in [2.24, 2.45) is 0 Å². The first kappa shape index (κ1) is 13.9. The normalized spacial score (nSPS) is 10.6. The molecule has 0 aliphatic carbocycles. The number of hydrogen-bond acceptors (Lipinski definition) is 4. The van der Waals surface area contributed by atoms with Crippen molar-refractivity contribution in [3.05, 3.63) is 46.5 Å². The fourth-order valence-electron chi connectivity index (χ4n) is 2.03. The van der Waals surface area contributed by atoms with Crippen LogP contribution >= 0.6 is 11.5 Å². The number of carbonyl (C=O) groups is 1. The predicted octanol–water partition coefficient (Wildman–Crippen LogP) is 3.70. The number of Topliss-reactive ketones (excluding diaryl/α,β-unsaturated/α-hetero) is 1. The first-order chi connectivity index (χ1) is 9.31. The Morgan fingerprint density at radius 3 is 2.74 bits per heavy atom. The molecular formula is C15H18N2OS. The molecule has 0 spiro atoms. The van der Waals surface area contributed by atoms with Crippen LogP contribution in [-0.4, -0.2) is 15.4 Å². The van der Waals surface area contributed by atoms with Crippen molar-refractivity contribution >= 4 is 17.3 Å². The van der Waals surface area contributed by atoms with Gasteiger partial charge in [-0.15, -0.1) is 5.10 Å². The summed E-state index contributed by atoms with van der Waals surface area (Å²) in [6.07, 6.45) is 4.25. The SMILES string of the molecule is CCCc1nnsc1C(=O)CCCc1ccccc1. The molecule has 0 radical (unpaired) electrons. The molecule has 100 valence electrons. The van der Waals surface area contributed by atoms with Gasteiger partial charge in [-0.05, 0) is 36.4 Å². The zero-order chi connectivity index (χ0) is 13.5. The lowest BCUT2D eigenvalue weighted by atomic mass is 10.1. The number of nitrogens with zero attached hydrogens (tertiary/aromatic N) is 2. The smallest absolute Gasteiger partial charge is 0.176 e. The van der Waals surface area contributed by atoms with Crippen LogP contribution in [0.2, 0.25) is 0 Å². The Hall–Kier alpha value is -1.55. The third-order valence-corrected chi connectivity index (χ3v) is 3.82. The zero-order valence-electron chi connectivity index (χ0n) is 11.1. The number of carbonyl (C=O) groups excluding carboxylic acids is 1. The molecule has 0 saturated carbocycles. The number of ketones is 1. The summed E-state index contributed by atoms with van der Waals surface area (Å²) in [5, 5.41) is 4.04. The minimum atomic E-state index is 0.189. The second-order valence-electron chi connectivity index (χ2n) is 4.56. The lowest BCUT2D eigenvalue weighted by molar-refractivity contribution is 0.0983. The van der Waals surface area contributed by atoms with E-state index in [1.807, 2.05) is 18.2 Å². The standard InChI is InChI=1S/C15H18N2OS/c1-2-7-13-15(19-17-16-13)14(18)11-6-10-12-8-4-3-5-9-12/h3-5,8-9H,2,6-7,10-11H2,1H3. The van der Waals surface area contributed by atoms with Gasteiger partial charge >= 0.3 is 0 Å². The average Bonchev–Trinajstić information content (AvgIpc) is 2.89. The first-order valence-corrected chi connectivity index (χ1v) is 7.47. The summed E-state index contributed by atoms with van der Waals surface area (Å²) < 4.78 is 3.90. The Morgan fingerprint density at radius 2 is 2.00 bits per heavy atom. The molecule has 2 rings (SSSR count). The molecule has 0 N–H and O–H groups in total. The third kappa shape index (κ3) is 3.96. The van der Waals surface area contributed by atoms with Gasteiger partial charge < -0.3 is 0 Å². The summed E-state index contributed by atoms with van der Waals surface area (Å²) >= 11 is 1.23. The van der Waals surface area contributed by atoms with Crippen LogP contribution < -0.4 is 0 Å². The minimum absolute atomic E-state index is 0.189. The summed E-state index contributed by atoms with van der Waals surface area (Å²) in [4.78, 5) is 12.9. The number of aromatic nitrogens is 2. The van der Waals surface area contributed by atoms with Crippen molar-refractivity contribution in [1.82, 2.24) is 9.59 Å². The zero-order valence-corrected chi connectivity index (χ0v) is 11.9. The monoisotopic (exact) mass is 274 g/mol. The van der Waals surface area contributed by atoms with Gasteiger partial charge in [0.25, 0.3) is 0 Å². The van der Waals surface area contributed by atoms with Crippen molar-refractivity contribution in [2.45, 2.75) is 39.0 Å². The molecule has 0 aliphatic heterocycles. The molecule has 3 nitrogen and oxygen atoms in total. The van der Waals surface area contributed by atoms with Gasteiger partial charge in [0.05, 0.1) is 5.69 Å². The summed E-state index contributed by atoms with van der Waals surface area (Å²) in [7, 11) is 0. The molecule has 0 fully saturated rings. The van der Waals surface area contributed by atoms with Gasteiger partial charge in [-0.2, -0.15) is 0 Å². The van der Waals surface area contributed by atoms with Crippen molar-refractivity contribution in [3.63, 3.8) is 0 Å². The van der Waals surface area contributed by atoms with Crippen molar-refractivity contribution < 1.29 is 4.79 Å². The molecule has 1 aromatic carbocycles. The molecule has 4 heteroatoms. The fraction of sp³-hybridized carbons (Fsp3) is 0.400. The topological polar surface area (TPSA) is 42.9 Å². The fourth-order valence-corrected chi connectivity index (χ4v) is 2.71. The highest BCUT2D eigenvalue weighted by Gasteiger charge is 2.14. The third-order valence-electron chi connectivity index (χ3n) is 3.01. The maximum atomic E-state index is 12.1. The van der Waals surface area contributed by atoms with Crippen molar-refractivity contribution in [3.8, 4) is 0 Å². The Morgan fingerprint density at radius 1 is 1.21 bits per heavy atom. The van der Waals surface area contributed by atoms with Crippen LogP contribution in [0.15, 0.2) is 30.3 Å². The molecule has 1 aromatic heterocycles. The van der Waals surface area contributed by atoms with E-state index < -0.39 is 0 Å². The van der Waals surface area contributed by atoms with Crippen LogP contribution in [0.4, 0.5) is 0 Å². The number of benzene rings is 1. The molecule has 0 saturated heterocycles. The molecule has 0 atom stereocenters. The Kier molecular flexibility index (Phi) is 5.21. The second-order valence-corrected chi connectivity index (χ2v) is 5.32. The van der Waals surface area contributed by atoms with Gasteiger partial charge in [-0.25, -0.2) is 0 Å². The number of aryl methyl sites for hydroxylation is 2. The van der Waals surface area contributed by atoms with Gasteiger partial charge in [0.1, 0.15) is 4.88 Å². The average molecular weight is 274 g/mol. The Bertz CT molecular complexity index is 522. The highest BCUT2D eigenvalue weighted by atomic mass is 32.1. The molecule has 0 aliphatic rings. The molecule has 1 heterocycles. The lowest BCUT2D eigenvalue weighted by Gasteiger charge is -2.01. The van der Waals surface area contributed by atoms with Crippen molar-refractivity contribution in [1.29, 1.82) is 0 Å². The first-order valence-electron chi connectivity index (χ1n) is 6.69. The lowest BCUT2D eigenvalue weighted by Crippen LogP contribution is -2.01. The Labute approximate surface area is 117 Å². The molecular weight excluding hydrogens is 256 g/mol. The van der Waals surface area contributed by atoms with Crippen LogP contribution in [0.5, 0.6) is 0 Å². The van der Waals surface area contributed by atoms with E-state index in [1.54, 1.807) is 0 Å². The molecule has 0 amide bonds. The van der Waals surface area contributed by atoms with Gasteiger partial charge in [0, 0.05) is 6.42 Å². The van der Waals surface area contributed by atoms with E-state index >= 15 is 0 Å². The number of rotatable bonds is 7. The highest BCUT2D eigenvalue weighted by molar-refractivity contribution is 7.08. The van der Waals surface area contributed by atoms with Gasteiger partial charge in [0.2, 0.25) is 0 Å². The van der Waals surface area contributed by atoms with E-state index in [-0.39, 0.29) is 5.78 Å². The largest absolute Gasteiger partial charge is 0.293 e. The van der Waals surface area contributed by atoms with E-state index in [4.69, 9.17) is 0 Å².